The molecule has 524 valence electrons. The summed E-state index contributed by atoms with van der Waals surface area (Å²) in [5.41, 5.74) is 17.7. The molecule has 12 aromatic heterocycles. The molecule has 0 unspecified atom stereocenters. The van der Waals surface area contributed by atoms with E-state index in [1.165, 1.54) is 102 Å². The molecule has 0 bridgehead atoms. The highest BCUT2D eigenvalue weighted by molar-refractivity contribution is 7.13. The molecule has 1 aliphatic heterocycles. The molecule has 0 saturated carbocycles. The number of primary amides is 1. The SMILES string of the molecule is Fc1ccccc1Cn1nc(-c2cc(N3CCOCC3)ccn2)nc1-c1nccs1.Fc1ccccc1Cn1nc(-c2nccs2)nc1-c1cocn1.NC(=O)c1ccnc(-c2nc(-c3nccs3)n(Cc3ccccc3F)n2)c1.Nc1ccnc(-c2nc(-c3cocn3)n(Cc3ccccc3F)n2)c1. The van der Waals surface area contributed by atoms with Crippen molar-refractivity contribution >= 4 is 51.3 Å². The lowest BCUT2D eigenvalue weighted by Gasteiger charge is -2.28. The van der Waals surface area contributed by atoms with Gasteiger partial charge in [-0.1, -0.05) is 72.8 Å². The molecule has 0 radical (unpaired) electrons. The Balaban J connectivity index is 0.000000118. The zero-order chi connectivity index (χ0) is 72.0. The number of nitrogens with zero attached hydrogens (tertiary/aromatic N) is 21. The van der Waals surface area contributed by atoms with Crippen molar-refractivity contribution in [3.8, 4) is 90.1 Å². The van der Waals surface area contributed by atoms with Gasteiger partial charge in [0.1, 0.15) is 64.3 Å². The average Bonchev–Trinajstić information content (AvgIpc) is 1.69. The first-order chi connectivity index (χ1) is 51.4. The van der Waals surface area contributed by atoms with Crippen LogP contribution in [-0.2, 0) is 30.9 Å². The molecule has 1 amide bonds. The molecule has 4 N–H and O–H groups in total. The Morgan fingerprint density at radius 1 is 0.419 bits per heavy atom. The van der Waals surface area contributed by atoms with Crippen LogP contribution in [0.15, 0.2) is 221 Å². The Morgan fingerprint density at radius 2 is 0.810 bits per heavy atom. The summed E-state index contributed by atoms with van der Waals surface area (Å²) in [5, 5.41) is 25.7. The zero-order valence-electron chi connectivity index (χ0n) is 54.8. The van der Waals surface area contributed by atoms with Gasteiger partial charge in [-0.15, -0.1) is 54.4 Å². The zero-order valence-corrected chi connectivity index (χ0v) is 57.2. The monoisotopic (exact) mass is 1470 g/mol. The normalized spacial score (nSPS) is 11.9. The average molecular weight is 1470 g/mol. The Kier molecular flexibility index (Phi) is 21.2. The number of amides is 1. The van der Waals surface area contributed by atoms with Crippen molar-refractivity contribution in [1.82, 2.24) is 98.9 Å². The smallest absolute Gasteiger partial charge is 0.248 e. The topological polar surface area (TPSA) is 334 Å². The largest absolute Gasteiger partial charge is 0.451 e. The van der Waals surface area contributed by atoms with Gasteiger partial charge < -0.3 is 29.9 Å². The standard InChI is InChI=1S/C21H19FN6OS.C18H13FN6OS.C17H13FN6O.C15H10FN5OS/c22-17-4-2-1-3-15(17)14-28-20(21-24-7-12-30-21)25-19(26-28)18-13-16(5-6-23-18)27-8-10-29-11-9-27;19-13-4-2-1-3-12(13)10-25-17(18-22-7-8-27-18)23-16(24-25)14-9-11(15(20)26)5-6-21-14;18-13-4-2-1-3-11(13)8-24-17(15-9-25-10-21-15)22-16(23-24)14-7-12(19)5-6-20-14;16-11-4-2-1-3-10(11)7-21-14(12-8-22-9-18-12)19-13(20-21)15-17-5-6-23-15/h1-7,12-13H,8-11,14H2;1-9H,10H2,(H2,20,26);1-7,9-10H,8H2,(H2,19,20);1-6,8-9H,7H2. The molecule has 1 saturated heterocycles. The predicted molar refractivity (Wildman–Crippen MR) is 382 cm³/mol. The van der Waals surface area contributed by atoms with Crippen LogP contribution >= 0.6 is 34.0 Å². The number of hydrogen-bond acceptors (Lipinski definition) is 25. The van der Waals surface area contributed by atoms with Crippen LogP contribution in [0, 0.1) is 23.3 Å². The summed E-state index contributed by atoms with van der Waals surface area (Å²) in [6.07, 6.45) is 15.4. The first kappa shape index (κ1) is 69.1. The third-order valence-corrected chi connectivity index (χ3v) is 17.9. The van der Waals surface area contributed by atoms with E-state index < -0.39 is 5.91 Å². The minimum atomic E-state index is -0.565. The van der Waals surface area contributed by atoms with Crippen molar-refractivity contribution < 1.29 is 35.9 Å². The highest BCUT2D eigenvalue weighted by Gasteiger charge is 2.24. The van der Waals surface area contributed by atoms with E-state index in [1.807, 2.05) is 34.3 Å². The van der Waals surface area contributed by atoms with E-state index in [-0.39, 0.29) is 49.4 Å². The number of hydrogen-bond donors (Lipinski definition) is 2. The van der Waals surface area contributed by atoms with Crippen LogP contribution in [-0.4, -0.2) is 131 Å². The number of morpholine rings is 1. The number of pyridine rings is 3. The first-order valence-electron chi connectivity index (χ1n) is 31.9. The summed E-state index contributed by atoms with van der Waals surface area (Å²) in [6.45, 7) is 3.98. The van der Waals surface area contributed by atoms with E-state index in [1.54, 1.807) is 129 Å². The summed E-state index contributed by atoms with van der Waals surface area (Å²) in [7, 11) is 0. The number of nitrogen functional groups attached to an aromatic ring is 1. The molecule has 13 heterocycles. The van der Waals surface area contributed by atoms with E-state index in [2.05, 4.69) is 80.1 Å². The van der Waals surface area contributed by atoms with Crippen molar-refractivity contribution in [2.75, 3.05) is 36.9 Å². The predicted octanol–water partition coefficient (Wildman–Crippen LogP) is 12.2. The molecule has 27 nitrogen and oxygen atoms in total. The van der Waals surface area contributed by atoms with Gasteiger partial charge in [-0.25, -0.2) is 81.1 Å². The molecule has 4 aromatic carbocycles. The fourth-order valence-electron chi connectivity index (χ4n) is 10.6. The Labute approximate surface area is 605 Å². The number of oxazole rings is 2. The number of aromatic nitrogens is 20. The number of rotatable bonds is 18. The maximum absolute atomic E-state index is 14.2. The number of carbonyl (C=O) groups excluding carboxylic acids is 1. The second-order valence-corrected chi connectivity index (χ2v) is 25.2. The highest BCUT2D eigenvalue weighted by atomic mass is 32.1. The van der Waals surface area contributed by atoms with Crippen LogP contribution in [0.25, 0.3) is 90.1 Å². The van der Waals surface area contributed by atoms with Crippen molar-refractivity contribution in [3.63, 3.8) is 0 Å². The minimum Gasteiger partial charge on any atom is -0.451 e. The van der Waals surface area contributed by atoms with Gasteiger partial charge in [-0.2, -0.15) is 0 Å². The molecular weight excluding hydrogens is 1410 g/mol. The van der Waals surface area contributed by atoms with Crippen LogP contribution in [0.5, 0.6) is 0 Å². The van der Waals surface area contributed by atoms with Crippen LogP contribution in [0.4, 0.5) is 28.9 Å². The van der Waals surface area contributed by atoms with Crippen molar-refractivity contribution in [2.45, 2.75) is 26.2 Å². The Bertz CT molecular complexity index is 5530. The van der Waals surface area contributed by atoms with Gasteiger partial charge in [-0.05, 0) is 60.7 Å². The third-order valence-electron chi connectivity index (χ3n) is 15.6. The van der Waals surface area contributed by atoms with Gasteiger partial charge in [0.15, 0.2) is 62.8 Å². The maximum atomic E-state index is 14.2. The second-order valence-electron chi connectivity index (χ2n) is 22.6. The van der Waals surface area contributed by atoms with Crippen molar-refractivity contribution in [1.29, 1.82) is 0 Å². The number of nitrogens with two attached hydrogens (primary N) is 2. The third kappa shape index (κ3) is 16.6. The molecule has 1 aliphatic rings. The van der Waals surface area contributed by atoms with Gasteiger partial charge in [0.25, 0.3) is 0 Å². The molecule has 105 heavy (non-hydrogen) atoms. The molecule has 0 spiro atoms. The highest BCUT2D eigenvalue weighted by Crippen LogP contribution is 2.31. The summed E-state index contributed by atoms with van der Waals surface area (Å²) < 4.78 is 78.2. The fraction of sp³-hybridized carbons (Fsp3) is 0.113. The van der Waals surface area contributed by atoms with E-state index in [9.17, 15) is 22.4 Å². The van der Waals surface area contributed by atoms with Crippen molar-refractivity contribution in [2.24, 2.45) is 5.73 Å². The molecular formula is C71H55F4N23O4S3. The maximum Gasteiger partial charge on any atom is 0.248 e. The number of carbonyl (C=O) groups is 1. The summed E-state index contributed by atoms with van der Waals surface area (Å²) in [5.74, 6) is 1.95. The lowest BCUT2D eigenvalue weighted by atomic mass is 10.2. The summed E-state index contributed by atoms with van der Waals surface area (Å²) in [4.78, 5) is 65.8. The van der Waals surface area contributed by atoms with E-state index in [4.69, 9.17) is 30.0 Å². The number of thiazole rings is 3. The van der Waals surface area contributed by atoms with Crippen LogP contribution in [0.1, 0.15) is 32.6 Å². The quantitative estimate of drug-likeness (QED) is 0.0754. The molecule has 34 heteroatoms. The molecule has 1 fully saturated rings. The molecule has 0 atom stereocenters. The van der Waals surface area contributed by atoms with Crippen LogP contribution in [0.2, 0.25) is 0 Å². The number of benzene rings is 4. The lowest BCUT2D eigenvalue weighted by molar-refractivity contribution is 0.1000. The molecule has 17 rings (SSSR count). The van der Waals surface area contributed by atoms with Crippen molar-refractivity contribution in [3.05, 3.63) is 263 Å². The van der Waals surface area contributed by atoms with Gasteiger partial charge in [0, 0.05) is 106 Å². The van der Waals surface area contributed by atoms with E-state index in [0.29, 0.717) is 132 Å². The number of halogens is 4. The van der Waals surface area contributed by atoms with Crippen LogP contribution < -0.4 is 16.4 Å². The van der Waals surface area contributed by atoms with Gasteiger partial charge in [0.05, 0.1) is 39.4 Å². The van der Waals surface area contributed by atoms with Crippen LogP contribution in [0.3, 0.4) is 0 Å². The van der Waals surface area contributed by atoms with E-state index in [0.717, 1.165) is 23.8 Å². The molecule has 0 aliphatic carbocycles. The van der Waals surface area contributed by atoms with Gasteiger partial charge in [-0.3, -0.25) is 19.7 Å². The lowest BCUT2D eigenvalue weighted by Crippen LogP contribution is -2.36. The van der Waals surface area contributed by atoms with Gasteiger partial charge >= 0.3 is 0 Å². The second kappa shape index (κ2) is 32.3. The molecule has 16 aromatic rings. The summed E-state index contributed by atoms with van der Waals surface area (Å²) >= 11 is 4.30. The van der Waals surface area contributed by atoms with Gasteiger partial charge in [0.2, 0.25) is 17.6 Å². The Morgan fingerprint density at radius 3 is 1.23 bits per heavy atom. The fourth-order valence-corrected chi connectivity index (χ4v) is 12.4. The van der Waals surface area contributed by atoms with E-state index >= 15 is 0 Å². The Hall–Kier alpha value is -13.1. The minimum absolute atomic E-state index is 0.185. The first-order valence-corrected chi connectivity index (χ1v) is 34.5. The summed E-state index contributed by atoms with van der Waals surface area (Å²) in [6, 6.07) is 36.6. The number of ether oxygens (including phenoxy) is 1. The number of anilines is 2.